The Hall–Kier alpha value is -0.570. The van der Waals surface area contributed by atoms with Gasteiger partial charge < -0.3 is 10.1 Å². The highest BCUT2D eigenvalue weighted by Crippen LogP contribution is 2.26. The molecular weight excluding hydrogens is 166 g/mol. The van der Waals surface area contributed by atoms with Gasteiger partial charge in [0.15, 0.2) is 0 Å². The van der Waals surface area contributed by atoms with Gasteiger partial charge in [0.1, 0.15) is 6.10 Å². The summed E-state index contributed by atoms with van der Waals surface area (Å²) in [5.41, 5.74) is 0. The zero-order valence-electron chi connectivity index (χ0n) is 7.92. The van der Waals surface area contributed by atoms with Crippen LogP contribution in [0.2, 0.25) is 0 Å². The van der Waals surface area contributed by atoms with Gasteiger partial charge in [-0.25, -0.2) is 0 Å². The van der Waals surface area contributed by atoms with E-state index in [2.05, 4.69) is 5.32 Å². The average molecular weight is 183 g/mol. The Morgan fingerprint density at radius 1 is 1.23 bits per heavy atom. The number of hydrogen-bond acceptors (Lipinski definition) is 3. The molecule has 0 bridgehead atoms. The first-order valence-electron chi connectivity index (χ1n) is 5.27. The fourth-order valence-electron chi connectivity index (χ4n) is 2.15. The number of esters is 1. The molecule has 1 atom stereocenters. The molecule has 1 saturated heterocycles. The van der Waals surface area contributed by atoms with Crippen LogP contribution < -0.4 is 5.32 Å². The van der Waals surface area contributed by atoms with E-state index < -0.39 is 0 Å². The summed E-state index contributed by atoms with van der Waals surface area (Å²) in [6, 6.07) is 0. The van der Waals surface area contributed by atoms with Gasteiger partial charge in [0, 0.05) is 6.54 Å². The molecule has 0 aromatic heterocycles. The van der Waals surface area contributed by atoms with E-state index in [-0.39, 0.29) is 18.0 Å². The van der Waals surface area contributed by atoms with E-state index in [1.165, 1.54) is 12.8 Å². The Bertz CT molecular complexity index is 181. The molecule has 74 valence electrons. The summed E-state index contributed by atoms with van der Waals surface area (Å²) >= 11 is 0. The predicted molar refractivity (Wildman–Crippen MR) is 49.3 cm³/mol. The molecule has 1 aliphatic carbocycles. The average Bonchev–Trinajstić information content (AvgIpc) is 2.74. The minimum atomic E-state index is 0.0474. The Balaban J connectivity index is 1.76. The maximum Gasteiger partial charge on any atom is 0.309 e. The first kappa shape index (κ1) is 9.00. The molecule has 13 heavy (non-hydrogen) atoms. The standard InChI is InChI=1S/C10H17NO2/c12-10(8-3-1-2-4-8)13-9-5-6-11-7-9/h8-9,11H,1-7H2/t9-/m1/s1. The van der Waals surface area contributed by atoms with Gasteiger partial charge in [-0.3, -0.25) is 4.79 Å². The van der Waals surface area contributed by atoms with Gasteiger partial charge in [0.05, 0.1) is 5.92 Å². The lowest BCUT2D eigenvalue weighted by Gasteiger charge is -2.14. The maximum absolute atomic E-state index is 11.6. The van der Waals surface area contributed by atoms with Crippen molar-refractivity contribution >= 4 is 5.97 Å². The predicted octanol–water partition coefficient (Wildman–Crippen LogP) is 1.08. The van der Waals surface area contributed by atoms with Gasteiger partial charge in [0.2, 0.25) is 0 Å². The Labute approximate surface area is 78.8 Å². The van der Waals surface area contributed by atoms with Crippen LogP contribution in [-0.4, -0.2) is 25.2 Å². The quantitative estimate of drug-likeness (QED) is 0.651. The van der Waals surface area contributed by atoms with E-state index in [1.54, 1.807) is 0 Å². The van der Waals surface area contributed by atoms with Gasteiger partial charge in [-0.05, 0) is 25.8 Å². The van der Waals surface area contributed by atoms with Crippen LogP contribution in [0.5, 0.6) is 0 Å². The number of rotatable bonds is 2. The molecule has 1 N–H and O–H groups in total. The molecule has 3 nitrogen and oxygen atoms in total. The third-order valence-corrected chi connectivity index (χ3v) is 2.99. The third kappa shape index (κ3) is 2.21. The Morgan fingerprint density at radius 2 is 2.00 bits per heavy atom. The molecule has 2 rings (SSSR count). The molecule has 2 fully saturated rings. The largest absolute Gasteiger partial charge is 0.461 e. The molecule has 0 aromatic carbocycles. The molecule has 0 amide bonds. The van der Waals surface area contributed by atoms with E-state index >= 15 is 0 Å². The van der Waals surface area contributed by atoms with Crippen molar-refractivity contribution in [1.29, 1.82) is 0 Å². The molecular formula is C10H17NO2. The number of ether oxygens (including phenoxy) is 1. The molecule has 2 aliphatic rings. The number of nitrogens with one attached hydrogen (secondary N) is 1. The van der Waals surface area contributed by atoms with Crippen LogP contribution in [0, 0.1) is 5.92 Å². The summed E-state index contributed by atoms with van der Waals surface area (Å²) < 4.78 is 5.39. The SMILES string of the molecule is O=C(O[C@@H]1CCNC1)C1CCCC1. The molecule has 3 heteroatoms. The lowest BCUT2D eigenvalue weighted by atomic mass is 10.1. The van der Waals surface area contributed by atoms with Gasteiger partial charge in [-0.15, -0.1) is 0 Å². The third-order valence-electron chi connectivity index (χ3n) is 2.99. The van der Waals surface area contributed by atoms with Crippen molar-refractivity contribution in [2.45, 2.75) is 38.2 Å². The van der Waals surface area contributed by atoms with Crippen molar-refractivity contribution in [2.24, 2.45) is 5.92 Å². The molecule has 0 aromatic rings. The van der Waals surface area contributed by atoms with Gasteiger partial charge in [-0.2, -0.15) is 0 Å². The lowest BCUT2D eigenvalue weighted by Crippen LogP contribution is -2.24. The summed E-state index contributed by atoms with van der Waals surface area (Å²) in [5.74, 6) is 0.256. The van der Waals surface area contributed by atoms with Gasteiger partial charge in [-0.1, -0.05) is 12.8 Å². The molecule has 0 unspecified atom stereocenters. The highest BCUT2D eigenvalue weighted by atomic mass is 16.5. The van der Waals surface area contributed by atoms with Crippen LogP contribution in [-0.2, 0) is 9.53 Å². The Morgan fingerprint density at radius 3 is 2.62 bits per heavy atom. The van der Waals surface area contributed by atoms with E-state index in [0.29, 0.717) is 0 Å². The highest BCUT2D eigenvalue weighted by Gasteiger charge is 2.27. The molecule has 0 spiro atoms. The Kier molecular flexibility index (Phi) is 2.83. The number of carbonyl (C=O) groups is 1. The van der Waals surface area contributed by atoms with Crippen molar-refractivity contribution in [3.05, 3.63) is 0 Å². The second kappa shape index (κ2) is 4.09. The van der Waals surface area contributed by atoms with E-state index in [9.17, 15) is 4.79 Å². The first-order chi connectivity index (χ1) is 6.36. The van der Waals surface area contributed by atoms with E-state index in [1.807, 2.05) is 0 Å². The van der Waals surface area contributed by atoms with Crippen molar-refractivity contribution in [3.8, 4) is 0 Å². The van der Waals surface area contributed by atoms with Crippen LogP contribution in [0.3, 0.4) is 0 Å². The fraction of sp³-hybridized carbons (Fsp3) is 0.900. The van der Waals surface area contributed by atoms with Crippen LogP contribution in [0.15, 0.2) is 0 Å². The molecule has 0 radical (unpaired) electrons. The van der Waals surface area contributed by atoms with Crippen LogP contribution in [0.4, 0.5) is 0 Å². The monoisotopic (exact) mass is 183 g/mol. The number of carbonyl (C=O) groups excluding carboxylic acids is 1. The summed E-state index contributed by atoms with van der Waals surface area (Å²) in [5, 5.41) is 3.19. The number of hydrogen-bond donors (Lipinski definition) is 1. The zero-order chi connectivity index (χ0) is 9.10. The maximum atomic E-state index is 11.6. The van der Waals surface area contributed by atoms with E-state index in [0.717, 1.165) is 32.4 Å². The van der Waals surface area contributed by atoms with Crippen molar-refractivity contribution < 1.29 is 9.53 Å². The summed E-state index contributed by atoms with van der Waals surface area (Å²) in [4.78, 5) is 11.6. The van der Waals surface area contributed by atoms with E-state index in [4.69, 9.17) is 4.74 Å². The van der Waals surface area contributed by atoms with Crippen LogP contribution >= 0.6 is 0 Å². The lowest BCUT2D eigenvalue weighted by molar-refractivity contribution is -0.152. The normalized spacial score (nSPS) is 29.4. The van der Waals surface area contributed by atoms with Crippen molar-refractivity contribution in [2.75, 3.05) is 13.1 Å². The molecule has 1 saturated carbocycles. The minimum absolute atomic E-state index is 0.0474. The van der Waals surface area contributed by atoms with Gasteiger partial charge >= 0.3 is 5.97 Å². The summed E-state index contributed by atoms with van der Waals surface area (Å²) in [6.45, 7) is 1.83. The topological polar surface area (TPSA) is 38.3 Å². The summed E-state index contributed by atoms with van der Waals surface area (Å²) in [7, 11) is 0. The molecule has 1 heterocycles. The molecule has 1 aliphatic heterocycles. The summed E-state index contributed by atoms with van der Waals surface area (Å²) in [6.07, 6.45) is 5.61. The smallest absolute Gasteiger partial charge is 0.309 e. The van der Waals surface area contributed by atoms with Gasteiger partial charge in [0.25, 0.3) is 0 Å². The zero-order valence-corrected chi connectivity index (χ0v) is 7.92. The highest BCUT2D eigenvalue weighted by molar-refractivity contribution is 5.72. The fourth-order valence-corrected chi connectivity index (χ4v) is 2.15. The van der Waals surface area contributed by atoms with Crippen molar-refractivity contribution in [3.63, 3.8) is 0 Å². The van der Waals surface area contributed by atoms with Crippen LogP contribution in [0.25, 0.3) is 0 Å². The van der Waals surface area contributed by atoms with Crippen molar-refractivity contribution in [1.82, 2.24) is 5.32 Å². The van der Waals surface area contributed by atoms with Crippen LogP contribution in [0.1, 0.15) is 32.1 Å². The first-order valence-corrected chi connectivity index (χ1v) is 5.27. The second-order valence-electron chi connectivity index (χ2n) is 4.03. The second-order valence-corrected chi connectivity index (χ2v) is 4.03. The minimum Gasteiger partial charge on any atom is -0.461 e.